The molecule has 0 amide bonds. The highest BCUT2D eigenvalue weighted by atomic mass is 32.1. The zero-order valence-corrected chi connectivity index (χ0v) is 17.7. The number of nitrogens with zero attached hydrogens (tertiary/aromatic N) is 2. The van der Waals surface area contributed by atoms with Gasteiger partial charge in [-0.3, -0.25) is 0 Å². The predicted octanol–water partition coefficient (Wildman–Crippen LogP) is 6.46. The van der Waals surface area contributed by atoms with Crippen LogP contribution in [0.2, 0.25) is 0 Å². The second-order valence-electron chi connectivity index (χ2n) is 7.62. The van der Waals surface area contributed by atoms with E-state index in [1.165, 1.54) is 0 Å². The molecule has 0 fully saturated rings. The molecule has 0 atom stereocenters. The van der Waals surface area contributed by atoms with Gasteiger partial charge in [0.1, 0.15) is 16.6 Å². The lowest BCUT2D eigenvalue weighted by molar-refractivity contribution is 0.477. The molecule has 5 nitrogen and oxygen atoms in total. The third-order valence-electron chi connectivity index (χ3n) is 5.55. The molecule has 0 aliphatic rings. The summed E-state index contributed by atoms with van der Waals surface area (Å²) >= 11 is 1.58. The first-order valence-corrected chi connectivity index (χ1v) is 11.0. The Morgan fingerprint density at radius 1 is 0.750 bits per heavy atom. The van der Waals surface area contributed by atoms with Crippen LogP contribution in [0.25, 0.3) is 54.3 Å². The summed E-state index contributed by atoms with van der Waals surface area (Å²) < 4.78 is 1.10. The fraction of sp³-hybridized carbons (Fsp3) is 0. The topological polar surface area (TPSA) is 87.8 Å². The second kappa shape index (κ2) is 7.21. The molecule has 4 aromatic carbocycles. The summed E-state index contributed by atoms with van der Waals surface area (Å²) in [7, 11) is 0. The average Bonchev–Trinajstić information content (AvgIpc) is 3.42. The molecule has 0 saturated carbocycles. The van der Waals surface area contributed by atoms with E-state index in [1.54, 1.807) is 17.4 Å². The third-order valence-corrected chi connectivity index (χ3v) is 6.62. The maximum absolute atomic E-state index is 10.8. The minimum Gasteiger partial charge on any atom is -0.507 e. The van der Waals surface area contributed by atoms with Crippen molar-refractivity contribution >= 4 is 38.3 Å². The van der Waals surface area contributed by atoms with Crippen LogP contribution in [0.4, 0.5) is 5.69 Å². The van der Waals surface area contributed by atoms with Crippen molar-refractivity contribution in [2.75, 3.05) is 5.73 Å². The summed E-state index contributed by atoms with van der Waals surface area (Å²) in [5.41, 5.74) is 13.0. The lowest BCUT2D eigenvalue weighted by Crippen LogP contribution is -1.90. The summed E-state index contributed by atoms with van der Waals surface area (Å²) in [6.07, 6.45) is 0. The van der Waals surface area contributed by atoms with E-state index in [1.807, 2.05) is 78.9 Å². The number of imidazole rings is 1. The number of benzene rings is 4. The van der Waals surface area contributed by atoms with Crippen LogP contribution < -0.4 is 5.73 Å². The van der Waals surface area contributed by atoms with Crippen molar-refractivity contribution in [1.82, 2.24) is 15.0 Å². The van der Waals surface area contributed by atoms with Crippen LogP contribution in [-0.2, 0) is 0 Å². The lowest BCUT2D eigenvalue weighted by atomic mass is 10.0. The normalized spacial score (nSPS) is 11.4. The molecular formula is C26H18N4OS. The van der Waals surface area contributed by atoms with E-state index >= 15 is 0 Å². The molecule has 0 aliphatic carbocycles. The van der Waals surface area contributed by atoms with Gasteiger partial charge in [0, 0.05) is 11.3 Å². The van der Waals surface area contributed by atoms with Gasteiger partial charge in [0.2, 0.25) is 0 Å². The van der Waals surface area contributed by atoms with Crippen molar-refractivity contribution < 1.29 is 5.11 Å². The molecule has 0 saturated heterocycles. The summed E-state index contributed by atoms with van der Waals surface area (Å²) in [4.78, 5) is 12.7. The molecule has 2 heterocycles. The SMILES string of the molecule is Nc1ccccc1-c1nc2ccc(-c3ccc(-c4nc5ccccc5s4)c(O)c3)cc2[nH]1. The van der Waals surface area contributed by atoms with E-state index in [0.717, 1.165) is 54.3 Å². The van der Waals surface area contributed by atoms with Gasteiger partial charge in [-0.2, -0.15) is 0 Å². The van der Waals surface area contributed by atoms with E-state index in [2.05, 4.69) is 15.0 Å². The fourth-order valence-corrected chi connectivity index (χ4v) is 4.91. The maximum Gasteiger partial charge on any atom is 0.140 e. The molecule has 4 N–H and O–H groups in total. The summed E-state index contributed by atoms with van der Waals surface area (Å²) in [5, 5.41) is 11.6. The first-order valence-electron chi connectivity index (χ1n) is 10.2. The van der Waals surface area contributed by atoms with E-state index in [0.29, 0.717) is 5.69 Å². The Labute approximate surface area is 187 Å². The molecule has 6 rings (SSSR count). The van der Waals surface area contributed by atoms with Crippen molar-refractivity contribution in [2.45, 2.75) is 0 Å². The first-order chi connectivity index (χ1) is 15.7. The smallest absolute Gasteiger partial charge is 0.140 e. The van der Waals surface area contributed by atoms with Crippen molar-refractivity contribution in [3.8, 4) is 38.8 Å². The van der Waals surface area contributed by atoms with Gasteiger partial charge in [0.25, 0.3) is 0 Å². The van der Waals surface area contributed by atoms with Crippen molar-refractivity contribution in [2.24, 2.45) is 0 Å². The van der Waals surface area contributed by atoms with E-state index in [-0.39, 0.29) is 5.75 Å². The highest BCUT2D eigenvalue weighted by Gasteiger charge is 2.13. The lowest BCUT2D eigenvalue weighted by Gasteiger charge is -2.06. The quantitative estimate of drug-likeness (QED) is 0.279. The van der Waals surface area contributed by atoms with Crippen molar-refractivity contribution in [3.05, 3.63) is 84.9 Å². The zero-order chi connectivity index (χ0) is 21.7. The number of phenolic OH excluding ortho intramolecular Hbond substituents is 1. The number of rotatable bonds is 3. The van der Waals surface area contributed by atoms with Crippen LogP contribution in [0.15, 0.2) is 84.9 Å². The monoisotopic (exact) mass is 434 g/mol. The van der Waals surface area contributed by atoms with Crippen LogP contribution in [0.5, 0.6) is 5.75 Å². The van der Waals surface area contributed by atoms with Gasteiger partial charge in [0.15, 0.2) is 0 Å². The Bertz CT molecular complexity index is 1580. The van der Waals surface area contributed by atoms with Crippen LogP contribution in [0.1, 0.15) is 0 Å². The van der Waals surface area contributed by atoms with Gasteiger partial charge in [-0.15, -0.1) is 11.3 Å². The summed E-state index contributed by atoms with van der Waals surface area (Å²) in [6.45, 7) is 0. The number of anilines is 1. The number of aromatic nitrogens is 3. The van der Waals surface area contributed by atoms with E-state index < -0.39 is 0 Å². The summed E-state index contributed by atoms with van der Waals surface area (Å²) in [5.74, 6) is 0.952. The van der Waals surface area contributed by atoms with Crippen LogP contribution in [0.3, 0.4) is 0 Å². The number of nitrogens with two attached hydrogens (primary N) is 1. The fourth-order valence-electron chi connectivity index (χ4n) is 3.91. The number of phenols is 1. The highest BCUT2D eigenvalue weighted by molar-refractivity contribution is 7.21. The number of aromatic amines is 1. The molecule has 0 unspecified atom stereocenters. The Morgan fingerprint density at radius 3 is 2.38 bits per heavy atom. The highest BCUT2D eigenvalue weighted by Crippen LogP contribution is 2.38. The molecule has 32 heavy (non-hydrogen) atoms. The zero-order valence-electron chi connectivity index (χ0n) is 16.9. The minimum atomic E-state index is 0.212. The number of para-hydroxylation sites is 2. The molecule has 6 heteroatoms. The Morgan fingerprint density at radius 2 is 1.53 bits per heavy atom. The number of hydrogen-bond donors (Lipinski definition) is 3. The van der Waals surface area contributed by atoms with Crippen LogP contribution >= 0.6 is 11.3 Å². The standard InChI is InChI=1S/C26H18N4OS/c27-19-6-2-1-5-17(19)25-28-20-12-10-15(13-22(20)29-25)16-9-11-18(23(31)14-16)26-30-21-7-3-4-8-24(21)32-26/h1-14,31H,27H2,(H,28,29). The second-order valence-corrected chi connectivity index (χ2v) is 8.65. The van der Waals surface area contributed by atoms with Crippen LogP contribution in [-0.4, -0.2) is 20.1 Å². The molecule has 0 bridgehead atoms. The Balaban J connectivity index is 1.38. The van der Waals surface area contributed by atoms with Gasteiger partial charge in [-0.25, -0.2) is 9.97 Å². The molecule has 0 spiro atoms. The number of H-pyrrole nitrogens is 1. The number of nitrogen functional groups attached to an aromatic ring is 1. The van der Waals surface area contributed by atoms with Gasteiger partial charge < -0.3 is 15.8 Å². The maximum atomic E-state index is 10.8. The minimum absolute atomic E-state index is 0.212. The van der Waals surface area contributed by atoms with Gasteiger partial charge >= 0.3 is 0 Å². The molecule has 2 aromatic heterocycles. The molecule has 154 valence electrons. The third kappa shape index (κ3) is 3.09. The number of thiazole rings is 1. The van der Waals surface area contributed by atoms with Gasteiger partial charge in [-0.1, -0.05) is 36.4 Å². The van der Waals surface area contributed by atoms with Crippen molar-refractivity contribution in [1.29, 1.82) is 0 Å². The summed E-state index contributed by atoms with van der Waals surface area (Å²) in [6, 6.07) is 27.4. The first kappa shape index (κ1) is 18.6. The Hall–Kier alpha value is -4.16. The van der Waals surface area contributed by atoms with Gasteiger partial charge in [-0.05, 0) is 59.7 Å². The predicted molar refractivity (Wildman–Crippen MR) is 132 cm³/mol. The average molecular weight is 435 g/mol. The number of nitrogens with one attached hydrogen (secondary N) is 1. The number of hydrogen-bond acceptors (Lipinski definition) is 5. The van der Waals surface area contributed by atoms with E-state index in [9.17, 15) is 5.11 Å². The molecule has 0 aliphatic heterocycles. The number of aromatic hydroxyl groups is 1. The Kier molecular flexibility index (Phi) is 4.19. The number of fused-ring (bicyclic) bond motifs is 2. The van der Waals surface area contributed by atoms with Crippen LogP contribution in [0, 0.1) is 0 Å². The van der Waals surface area contributed by atoms with Crippen molar-refractivity contribution in [3.63, 3.8) is 0 Å². The van der Waals surface area contributed by atoms with E-state index in [4.69, 9.17) is 5.73 Å². The van der Waals surface area contributed by atoms with Gasteiger partial charge in [0.05, 0.1) is 26.8 Å². The molecule has 0 radical (unpaired) electrons. The largest absolute Gasteiger partial charge is 0.507 e. The molecular weight excluding hydrogens is 416 g/mol. The molecule has 6 aromatic rings.